The number of carbonyl (C=O) groups is 1. The van der Waals surface area contributed by atoms with E-state index in [-0.39, 0.29) is 18.0 Å². The zero-order valence-corrected chi connectivity index (χ0v) is 10.0. The van der Waals surface area contributed by atoms with Gasteiger partial charge in [-0.2, -0.15) is 0 Å². The van der Waals surface area contributed by atoms with Gasteiger partial charge < -0.3 is 10.6 Å². The summed E-state index contributed by atoms with van der Waals surface area (Å²) in [7, 11) is 1.84. The largest absolute Gasteiger partial charge is 0.337 e. The number of carbonyl (C=O) groups excluding carboxylic acids is 1. The van der Waals surface area contributed by atoms with E-state index in [4.69, 9.17) is 5.73 Å². The van der Waals surface area contributed by atoms with Gasteiger partial charge in [0.2, 0.25) is 5.91 Å². The minimum atomic E-state index is -0.0858. The molecule has 2 rings (SSSR count). The lowest BCUT2D eigenvalue weighted by molar-refractivity contribution is -0.127. The number of amides is 1. The minimum Gasteiger partial charge on any atom is -0.337 e. The van der Waals surface area contributed by atoms with Crippen LogP contribution < -0.4 is 5.73 Å². The lowest BCUT2D eigenvalue weighted by atomic mass is 9.92. The summed E-state index contributed by atoms with van der Waals surface area (Å²) >= 11 is 0. The van der Waals surface area contributed by atoms with Crippen LogP contribution in [0, 0.1) is 13.8 Å². The third-order valence-corrected chi connectivity index (χ3v) is 3.46. The summed E-state index contributed by atoms with van der Waals surface area (Å²) in [6, 6.07) is 6.14. The molecule has 2 N–H and O–H groups in total. The summed E-state index contributed by atoms with van der Waals surface area (Å²) in [6.07, 6.45) is 0.453. The van der Waals surface area contributed by atoms with Gasteiger partial charge in [-0.1, -0.05) is 18.2 Å². The second-order valence-corrected chi connectivity index (χ2v) is 4.62. The van der Waals surface area contributed by atoms with Crippen LogP contribution in [0.4, 0.5) is 0 Å². The van der Waals surface area contributed by atoms with E-state index in [9.17, 15) is 4.79 Å². The third-order valence-electron chi connectivity index (χ3n) is 3.46. The first-order chi connectivity index (χ1) is 7.52. The highest BCUT2D eigenvalue weighted by Gasteiger charge is 2.37. The highest BCUT2D eigenvalue weighted by atomic mass is 16.2. The average Bonchev–Trinajstić information content (AvgIpc) is 2.44. The highest BCUT2D eigenvalue weighted by molar-refractivity contribution is 5.80. The first-order valence-electron chi connectivity index (χ1n) is 5.59. The van der Waals surface area contributed by atoms with Crippen molar-refractivity contribution in [3.63, 3.8) is 0 Å². The van der Waals surface area contributed by atoms with E-state index in [1.54, 1.807) is 4.90 Å². The van der Waals surface area contributed by atoms with Crippen molar-refractivity contribution in [1.29, 1.82) is 0 Å². The third kappa shape index (κ3) is 1.61. The van der Waals surface area contributed by atoms with E-state index < -0.39 is 0 Å². The van der Waals surface area contributed by atoms with Crippen molar-refractivity contribution in [2.75, 3.05) is 7.05 Å². The SMILES string of the molecule is Cc1cccc(C)c1C1C(N)CC(=O)N1C. The van der Waals surface area contributed by atoms with Crippen molar-refractivity contribution in [3.05, 3.63) is 34.9 Å². The van der Waals surface area contributed by atoms with Crippen molar-refractivity contribution < 1.29 is 4.79 Å². The topological polar surface area (TPSA) is 46.3 Å². The summed E-state index contributed by atoms with van der Waals surface area (Å²) in [5.74, 6) is 0.139. The molecule has 1 heterocycles. The van der Waals surface area contributed by atoms with Gasteiger partial charge in [0.1, 0.15) is 0 Å². The Kier molecular flexibility index (Phi) is 2.72. The van der Waals surface area contributed by atoms with Gasteiger partial charge in [0.15, 0.2) is 0 Å². The zero-order chi connectivity index (χ0) is 11.9. The van der Waals surface area contributed by atoms with Crippen molar-refractivity contribution in [2.24, 2.45) is 5.73 Å². The van der Waals surface area contributed by atoms with Gasteiger partial charge in [-0.25, -0.2) is 0 Å². The minimum absolute atomic E-state index is 0.0358. The monoisotopic (exact) mass is 218 g/mol. The van der Waals surface area contributed by atoms with Gasteiger partial charge in [0.25, 0.3) is 0 Å². The molecule has 2 atom stereocenters. The Labute approximate surface area is 96.2 Å². The van der Waals surface area contributed by atoms with Crippen LogP contribution in [0.5, 0.6) is 0 Å². The molecule has 1 aliphatic rings. The molecule has 0 saturated carbocycles. The Morgan fingerprint density at radius 2 is 1.88 bits per heavy atom. The number of benzene rings is 1. The average molecular weight is 218 g/mol. The van der Waals surface area contributed by atoms with Crippen molar-refractivity contribution in [3.8, 4) is 0 Å². The van der Waals surface area contributed by atoms with E-state index in [0.717, 1.165) is 0 Å². The molecule has 0 radical (unpaired) electrons. The number of aryl methyl sites for hydroxylation is 2. The molecule has 0 aromatic heterocycles. The van der Waals surface area contributed by atoms with Crippen molar-refractivity contribution in [2.45, 2.75) is 32.4 Å². The van der Waals surface area contributed by atoms with E-state index >= 15 is 0 Å². The van der Waals surface area contributed by atoms with Crippen LogP contribution in [-0.2, 0) is 4.79 Å². The van der Waals surface area contributed by atoms with Gasteiger partial charge in [-0.05, 0) is 30.5 Å². The first kappa shape index (κ1) is 11.1. The van der Waals surface area contributed by atoms with Crippen molar-refractivity contribution >= 4 is 5.91 Å². The van der Waals surface area contributed by atoms with Gasteiger partial charge in [-0.3, -0.25) is 4.79 Å². The molecule has 1 aliphatic heterocycles. The second-order valence-electron chi connectivity index (χ2n) is 4.62. The van der Waals surface area contributed by atoms with Crippen LogP contribution in [0.1, 0.15) is 29.2 Å². The molecule has 16 heavy (non-hydrogen) atoms. The van der Waals surface area contributed by atoms with Crippen LogP contribution in [0.15, 0.2) is 18.2 Å². The van der Waals surface area contributed by atoms with Crippen LogP contribution in [0.2, 0.25) is 0 Å². The molecule has 2 unspecified atom stereocenters. The molecule has 1 aromatic rings. The molecule has 3 heteroatoms. The number of likely N-dealkylation sites (N-methyl/N-ethyl adjacent to an activating group) is 1. The number of rotatable bonds is 1. The fourth-order valence-electron chi connectivity index (χ4n) is 2.60. The van der Waals surface area contributed by atoms with E-state index in [1.807, 2.05) is 13.1 Å². The maximum absolute atomic E-state index is 11.6. The number of hydrogen-bond acceptors (Lipinski definition) is 2. The number of hydrogen-bond donors (Lipinski definition) is 1. The Balaban J connectivity index is 2.48. The van der Waals surface area contributed by atoms with E-state index in [2.05, 4.69) is 26.0 Å². The molecule has 86 valence electrons. The van der Waals surface area contributed by atoms with Crippen LogP contribution >= 0.6 is 0 Å². The fourth-order valence-corrected chi connectivity index (χ4v) is 2.60. The molecule has 1 amide bonds. The number of nitrogens with zero attached hydrogens (tertiary/aromatic N) is 1. The Morgan fingerprint density at radius 3 is 2.31 bits per heavy atom. The Morgan fingerprint density at radius 1 is 1.31 bits per heavy atom. The van der Waals surface area contributed by atoms with Crippen molar-refractivity contribution in [1.82, 2.24) is 4.90 Å². The van der Waals surface area contributed by atoms with Crippen LogP contribution in [0.25, 0.3) is 0 Å². The number of likely N-dealkylation sites (tertiary alicyclic amines) is 1. The normalized spacial score (nSPS) is 25.2. The molecule has 0 aliphatic carbocycles. The molecule has 1 fully saturated rings. The summed E-state index contributed by atoms with van der Waals surface area (Å²) in [4.78, 5) is 13.4. The summed E-state index contributed by atoms with van der Waals surface area (Å²) in [6.45, 7) is 4.15. The quantitative estimate of drug-likeness (QED) is 0.777. The Bertz CT molecular complexity index is 408. The predicted molar refractivity (Wildman–Crippen MR) is 64.0 cm³/mol. The summed E-state index contributed by atoms with van der Waals surface area (Å²) in [5.41, 5.74) is 9.70. The maximum Gasteiger partial charge on any atom is 0.224 e. The molecule has 1 saturated heterocycles. The molecular formula is C13H18N2O. The fraction of sp³-hybridized carbons (Fsp3) is 0.462. The van der Waals surface area contributed by atoms with E-state index in [1.165, 1.54) is 16.7 Å². The van der Waals surface area contributed by atoms with Crippen LogP contribution in [0.3, 0.4) is 0 Å². The predicted octanol–water partition coefficient (Wildman–Crippen LogP) is 1.53. The lowest BCUT2D eigenvalue weighted by Crippen LogP contribution is -2.31. The number of nitrogens with two attached hydrogens (primary N) is 1. The maximum atomic E-state index is 11.6. The molecule has 0 spiro atoms. The highest BCUT2D eigenvalue weighted by Crippen LogP contribution is 2.34. The summed E-state index contributed by atoms with van der Waals surface area (Å²) < 4.78 is 0. The lowest BCUT2D eigenvalue weighted by Gasteiger charge is -2.26. The molecule has 0 bridgehead atoms. The smallest absolute Gasteiger partial charge is 0.224 e. The van der Waals surface area contributed by atoms with Gasteiger partial charge in [0.05, 0.1) is 6.04 Å². The van der Waals surface area contributed by atoms with E-state index in [0.29, 0.717) is 6.42 Å². The van der Waals surface area contributed by atoms with Gasteiger partial charge in [-0.15, -0.1) is 0 Å². The first-order valence-corrected chi connectivity index (χ1v) is 5.59. The van der Waals surface area contributed by atoms with Crippen LogP contribution in [-0.4, -0.2) is 23.9 Å². The standard InChI is InChI=1S/C13H18N2O/c1-8-5-4-6-9(2)12(8)13-10(14)7-11(16)15(13)3/h4-6,10,13H,7,14H2,1-3H3. The molecule has 3 nitrogen and oxygen atoms in total. The molecule has 1 aromatic carbocycles. The summed E-state index contributed by atoms with van der Waals surface area (Å²) in [5, 5.41) is 0. The molecular weight excluding hydrogens is 200 g/mol. The van der Waals surface area contributed by atoms with Gasteiger partial charge >= 0.3 is 0 Å². The zero-order valence-electron chi connectivity index (χ0n) is 10.0. The second kappa shape index (κ2) is 3.91. The Hall–Kier alpha value is -1.35. The van der Waals surface area contributed by atoms with Gasteiger partial charge in [0, 0.05) is 19.5 Å².